The molecule has 0 aromatic heterocycles. The lowest BCUT2D eigenvalue weighted by Crippen LogP contribution is -2.30. The van der Waals surface area contributed by atoms with E-state index in [0.29, 0.717) is 24.5 Å². The third-order valence-corrected chi connectivity index (χ3v) is 2.58. The monoisotopic (exact) mass is 268 g/mol. The van der Waals surface area contributed by atoms with Crippen LogP contribution in [0.1, 0.15) is 6.92 Å². The Labute approximate surface area is 112 Å². The highest BCUT2D eigenvalue weighted by atomic mass is 16.5. The fraction of sp³-hybridized carbons (Fsp3) is 0.462. The molecule has 0 aliphatic rings. The van der Waals surface area contributed by atoms with Crippen LogP contribution in [-0.2, 0) is 4.79 Å². The van der Waals surface area contributed by atoms with Crippen LogP contribution in [0.15, 0.2) is 18.2 Å². The van der Waals surface area contributed by atoms with Gasteiger partial charge in [-0.3, -0.25) is 4.79 Å². The van der Waals surface area contributed by atoms with Crippen LogP contribution in [0.2, 0.25) is 0 Å². The van der Waals surface area contributed by atoms with Crippen molar-refractivity contribution in [2.75, 3.05) is 43.6 Å². The molecule has 0 heterocycles. The Morgan fingerprint density at radius 3 is 2.42 bits per heavy atom. The van der Waals surface area contributed by atoms with Crippen LogP contribution in [0.25, 0.3) is 0 Å². The van der Waals surface area contributed by atoms with Gasteiger partial charge in [-0.05, 0) is 18.2 Å². The lowest BCUT2D eigenvalue weighted by Gasteiger charge is -2.25. The van der Waals surface area contributed by atoms with E-state index < -0.39 is 0 Å². The number of aliphatic hydroxyl groups is 2. The zero-order valence-electron chi connectivity index (χ0n) is 11.2. The predicted octanol–water partition coefficient (Wildman–Crippen LogP) is 0.445. The van der Waals surface area contributed by atoms with Gasteiger partial charge >= 0.3 is 0 Å². The standard InChI is InChI=1S/C13H20N2O4/c1-10(18)14-11-3-4-13(19-2)12(9-11)15(5-7-16)6-8-17/h3-4,9,16-17H,5-8H2,1-2H3,(H,14,18). The molecule has 6 heteroatoms. The predicted molar refractivity (Wildman–Crippen MR) is 73.7 cm³/mol. The number of hydrogen-bond donors (Lipinski definition) is 3. The molecule has 0 aliphatic heterocycles. The first-order valence-electron chi connectivity index (χ1n) is 6.04. The summed E-state index contributed by atoms with van der Waals surface area (Å²) in [6, 6.07) is 5.23. The number of anilines is 2. The summed E-state index contributed by atoms with van der Waals surface area (Å²) >= 11 is 0. The first kappa shape index (κ1) is 15.3. The van der Waals surface area contributed by atoms with E-state index in [1.54, 1.807) is 30.2 Å². The van der Waals surface area contributed by atoms with E-state index in [-0.39, 0.29) is 19.1 Å². The van der Waals surface area contributed by atoms with Crippen LogP contribution in [-0.4, -0.2) is 49.5 Å². The van der Waals surface area contributed by atoms with E-state index in [0.717, 1.165) is 5.69 Å². The Morgan fingerprint density at radius 1 is 1.32 bits per heavy atom. The highest BCUT2D eigenvalue weighted by molar-refractivity contribution is 5.89. The molecule has 0 radical (unpaired) electrons. The number of ether oxygens (including phenoxy) is 1. The van der Waals surface area contributed by atoms with Crippen LogP contribution >= 0.6 is 0 Å². The van der Waals surface area contributed by atoms with Crippen molar-refractivity contribution in [1.82, 2.24) is 0 Å². The molecule has 0 atom stereocenters. The average Bonchev–Trinajstić information content (AvgIpc) is 2.38. The number of rotatable bonds is 7. The van der Waals surface area contributed by atoms with Crippen molar-refractivity contribution in [3.63, 3.8) is 0 Å². The second-order valence-electron chi connectivity index (χ2n) is 4.00. The molecule has 1 aromatic carbocycles. The fourth-order valence-corrected chi connectivity index (χ4v) is 1.81. The van der Waals surface area contributed by atoms with Gasteiger partial charge in [-0.15, -0.1) is 0 Å². The molecule has 0 aliphatic carbocycles. The number of amides is 1. The third-order valence-electron chi connectivity index (χ3n) is 2.58. The first-order valence-corrected chi connectivity index (χ1v) is 6.04. The summed E-state index contributed by atoms with van der Waals surface area (Å²) in [4.78, 5) is 12.9. The van der Waals surface area contributed by atoms with Gasteiger partial charge in [-0.25, -0.2) is 0 Å². The van der Waals surface area contributed by atoms with E-state index >= 15 is 0 Å². The number of hydrogen-bond acceptors (Lipinski definition) is 5. The zero-order valence-corrected chi connectivity index (χ0v) is 11.2. The minimum absolute atomic E-state index is 0.0342. The average molecular weight is 268 g/mol. The Morgan fingerprint density at radius 2 is 1.95 bits per heavy atom. The topological polar surface area (TPSA) is 82.0 Å². The molecule has 1 aromatic rings. The van der Waals surface area contributed by atoms with Crippen molar-refractivity contribution in [3.8, 4) is 5.75 Å². The van der Waals surface area contributed by atoms with Gasteiger partial charge in [0.25, 0.3) is 0 Å². The minimum Gasteiger partial charge on any atom is -0.495 e. The Bertz CT molecular complexity index is 417. The SMILES string of the molecule is COc1ccc(NC(C)=O)cc1N(CCO)CCO. The summed E-state index contributed by atoms with van der Waals surface area (Å²) in [6.45, 7) is 2.12. The molecule has 0 saturated heterocycles. The molecule has 106 valence electrons. The maximum Gasteiger partial charge on any atom is 0.221 e. The minimum atomic E-state index is -0.160. The molecule has 1 rings (SSSR count). The van der Waals surface area contributed by atoms with Gasteiger partial charge in [0.15, 0.2) is 0 Å². The normalized spacial score (nSPS) is 10.1. The fourth-order valence-electron chi connectivity index (χ4n) is 1.81. The van der Waals surface area contributed by atoms with Crippen molar-refractivity contribution < 1.29 is 19.7 Å². The first-order chi connectivity index (χ1) is 9.12. The number of carbonyl (C=O) groups excluding carboxylic acids is 1. The van der Waals surface area contributed by atoms with Gasteiger partial charge in [0.1, 0.15) is 5.75 Å². The van der Waals surface area contributed by atoms with Crippen molar-refractivity contribution in [3.05, 3.63) is 18.2 Å². The summed E-state index contributed by atoms with van der Waals surface area (Å²) < 4.78 is 5.26. The van der Waals surface area contributed by atoms with Crippen LogP contribution in [0.5, 0.6) is 5.75 Å². The largest absolute Gasteiger partial charge is 0.495 e. The van der Waals surface area contributed by atoms with E-state index in [1.807, 2.05) is 0 Å². The smallest absolute Gasteiger partial charge is 0.221 e. The van der Waals surface area contributed by atoms with Crippen molar-refractivity contribution in [1.29, 1.82) is 0 Å². The molecule has 6 nitrogen and oxygen atoms in total. The van der Waals surface area contributed by atoms with E-state index in [9.17, 15) is 4.79 Å². The maximum absolute atomic E-state index is 11.1. The molecule has 1 amide bonds. The van der Waals surface area contributed by atoms with Crippen molar-refractivity contribution in [2.45, 2.75) is 6.92 Å². The summed E-state index contributed by atoms with van der Waals surface area (Å²) in [7, 11) is 1.55. The van der Waals surface area contributed by atoms with Crippen LogP contribution in [0.3, 0.4) is 0 Å². The Balaban J connectivity index is 3.07. The Hall–Kier alpha value is -1.79. The third kappa shape index (κ3) is 4.42. The number of nitrogens with zero attached hydrogens (tertiary/aromatic N) is 1. The molecule has 3 N–H and O–H groups in total. The van der Waals surface area contributed by atoms with Crippen LogP contribution in [0, 0.1) is 0 Å². The van der Waals surface area contributed by atoms with E-state index in [4.69, 9.17) is 14.9 Å². The number of nitrogens with one attached hydrogen (secondary N) is 1. The molecular formula is C13H20N2O4. The van der Waals surface area contributed by atoms with Gasteiger partial charge in [0.05, 0.1) is 26.0 Å². The lowest BCUT2D eigenvalue weighted by atomic mass is 10.2. The molecule has 0 bridgehead atoms. The van der Waals surface area contributed by atoms with E-state index in [1.165, 1.54) is 6.92 Å². The number of methoxy groups -OCH3 is 1. The molecule has 19 heavy (non-hydrogen) atoms. The van der Waals surface area contributed by atoms with Crippen molar-refractivity contribution >= 4 is 17.3 Å². The van der Waals surface area contributed by atoms with Gasteiger partial charge in [-0.1, -0.05) is 0 Å². The highest BCUT2D eigenvalue weighted by Gasteiger charge is 2.12. The van der Waals surface area contributed by atoms with Crippen molar-refractivity contribution in [2.24, 2.45) is 0 Å². The quantitative estimate of drug-likeness (QED) is 0.668. The highest BCUT2D eigenvalue weighted by Crippen LogP contribution is 2.31. The van der Waals surface area contributed by atoms with Gasteiger partial charge in [0.2, 0.25) is 5.91 Å². The molecule has 0 saturated carbocycles. The maximum atomic E-state index is 11.1. The van der Waals surface area contributed by atoms with Gasteiger partial charge in [-0.2, -0.15) is 0 Å². The summed E-state index contributed by atoms with van der Waals surface area (Å²) in [6.07, 6.45) is 0. The number of carbonyl (C=O) groups is 1. The second-order valence-corrected chi connectivity index (χ2v) is 4.00. The summed E-state index contributed by atoms with van der Waals surface area (Å²) in [5.41, 5.74) is 1.36. The Kier molecular flexibility index (Phi) is 6.11. The second kappa shape index (κ2) is 7.60. The zero-order chi connectivity index (χ0) is 14.3. The summed E-state index contributed by atoms with van der Waals surface area (Å²) in [5, 5.41) is 20.8. The number of benzene rings is 1. The van der Waals surface area contributed by atoms with E-state index in [2.05, 4.69) is 5.32 Å². The molecular weight excluding hydrogens is 248 g/mol. The van der Waals surface area contributed by atoms with Gasteiger partial charge in [0, 0.05) is 25.7 Å². The molecule has 0 fully saturated rings. The number of aliphatic hydroxyl groups excluding tert-OH is 2. The lowest BCUT2D eigenvalue weighted by molar-refractivity contribution is -0.114. The molecule has 0 unspecified atom stereocenters. The summed E-state index contributed by atoms with van der Waals surface area (Å²) in [5.74, 6) is 0.461. The van der Waals surface area contributed by atoms with Crippen LogP contribution < -0.4 is 15.0 Å². The van der Waals surface area contributed by atoms with Crippen LogP contribution in [0.4, 0.5) is 11.4 Å². The van der Waals surface area contributed by atoms with Gasteiger partial charge < -0.3 is 25.2 Å². The molecule has 0 spiro atoms.